The summed E-state index contributed by atoms with van der Waals surface area (Å²) in [6.45, 7) is 1.08. The standard InChI is InChI=1S/C15H21ClN2O4S/c16-11-7-13-14(22-6-5-21-13)8-15(11)23(19,20)18-12(9-17)10-3-1-2-4-10/h7-8,10,12,18H,1-6,9,17H2. The lowest BCUT2D eigenvalue weighted by atomic mass is 9.99. The van der Waals surface area contributed by atoms with Crippen LogP contribution in [-0.2, 0) is 10.0 Å². The minimum Gasteiger partial charge on any atom is -0.486 e. The first kappa shape index (κ1) is 16.8. The van der Waals surface area contributed by atoms with Crippen molar-refractivity contribution < 1.29 is 17.9 Å². The Labute approximate surface area is 141 Å². The molecule has 0 aromatic heterocycles. The SMILES string of the molecule is NCC(NS(=O)(=O)c1cc2c(cc1Cl)OCCO2)C1CCCC1. The molecular weight excluding hydrogens is 340 g/mol. The Morgan fingerprint density at radius 3 is 2.43 bits per heavy atom. The minimum absolute atomic E-state index is 0.000126. The summed E-state index contributed by atoms with van der Waals surface area (Å²) in [5.74, 6) is 1.14. The van der Waals surface area contributed by atoms with Gasteiger partial charge in [-0.2, -0.15) is 0 Å². The Hall–Kier alpha value is -1.02. The van der Waals surface area contributed by atoms with Gasteiger partial charge >= 0.3 is 0 Å². The van der Waals surface area contributed by atoms with E-state index in [0.717, 1.165) is 25.7 Å². The minimum atomic E-state index is -3.77. The third-order valence-electron chi connectivity index (χ3n) is 4.42. The summed E-state index contributed by atoms with van der Waals surface area (Å²) in [4.78, 5) is -0.000126. The van der Waals surface area contributed by atoms with Gasteiger partial charge in [-0.15, -0.1) is 0 Å². The first-order valence-corrected chi connectivity index (χ1v) is 9.69. The van der Waals surface area contributed by atoms with Crippen LogP contribution in [0.4, 0.5) is 0 Å². The van der Waals surface area contributed by atoms with Gasteiger partial charge in [0.05, 0.1) is 5.02 Å². The van der Waals surface area contributed by atoms with Gasteiger partial charge in [0.2, 0.25) is 10.0 Å². The van der Waals surface area contributed by atoms with Gasteiger partial charge in [0.15, 0.2) is 11.5 Å². The van der Waals surface area contributed by atoms with Crippen LogP contribution < -0.4 is 19.9 Å². The average molecular weight is 361 g/mol. The number of hydrogen-bond donors (Lipinski definition) is 2. The van der Waals surface area contributed by atoms with Crippen molar-refractivity contribution in [2.75, 3.05) is 19.8 Å². The van der Waals surface area contributed by atoms with Crippen molar-refractivity contribution in [3.05, 3.63) is 17.2 Å². The Kier molecular flexibility index (Phi) is 5.01. The van der Waals surface area contributed by atoms with E-state index in [2.05, 4.69) is 4.72 Å². The van der Waals surface area contributed by atoms with Gasteiger partial charge in [-0.3, -0.25) is 0 Å². The molecule has 3 rings (SSSR count). The van der Waals surface area contributed by atoms with Gasteiger partial charge in [-0.25, -0.2) is 13.1 Å². The van der Waals surface area contributed by atoms with Crippen LogP contribution >= 0.6 is 11.6 Å². The molecule has 1 aliphatic heterocycles. The average Bonchev–Trinajstić information content (AvgIpc) is 3.06. The molecule has 1 saturated carbocycles. The molecule has 1 aromatic carbocycles. The summed E-state index contributed by atoms with van der Waals surface area (Å²) in [6, 6.07) is 2.63. The molecule has 0 radical (unpaired) electrons. The van der Waals surface area contributed by atoms with E-state index in [1.165, 1.54) is 12.1 Å². The Bertz CT molecular complexity index is 674. The number of nitrogens with two attached hydrogens (primary N) is 1. The molecule has 23 heavy (non-hydrogen) atoms. The molecule has 1 heterocycles. The van der Waals surface area contributed by atoms with Gasteiger partial charge in [-0.05, 0) is 18.8 Å². The third-order valence-corrected chi connectivity index (χ3v) is 6.37. The van der Waals surface area contributed by atoms with E-state index < -0.39 is 10.0 Å². The summed E-state index contributed by atoms with van der Waals surface area (Å²) in [5.41, 5.74) is 5.78. The van der Waals surface area contributed by atoms with Crippen molar-refractivity contribution in [3.8, 4) is 11.5 Å². The van der Waals surface area contributed by atoms with E-state index in [1.54, 1.807) is 0 Å². The summed E-state index contributed by atoms with van der Waals surface area (Å²) < 4.78 is 39.0. The fourth-order valence-corrected chi connectivity index (χ4v) is 5.06. The summed E-state index contributed by atoms with van der Waals surface area (Å²) >= 11 is 6.15. The van der Waals surface area contributed by atoms with E-state index in [-0.39, 0.29) is 28.4 Å². The number of benzene rings is 1. The van der Waals surface area contributed by atoms with Crippen LogP contribution in [0.3, 0.4) is 0 Å². The highest BCUT2D eigenvalue weighted by molar-refractivity contribution is 7.89. The molecule has 3 N–H and O–H groups in total. The maximum absolute atomic E-state index is 12.7. The molecule has 0 amide bonds. The zero-order valence-corrected chi connectivity index (χ0v) is 14.3. The molecule has 1 atom stereocenters. The lowest BCUT2D eigenvalue weighted by Gasteiger charge is -2.24. The van der Waals surface area contributed by atoms with Crippen LogP contribution in [0.25, 0.3) is 0 Å². The lowest BCUT2D eigenvalue weighted by Crippen LogP contribution is -2.44. The van der Waals surface area contributed by atoms with Crippen LogP contribution in [0.1, 0.15) is 25.7 Å². The Morgan fingerprint density at radius 1 is 1.22 bits per heavy atom. The van der Waals surface area contributed by atoms with Gasteiger partial charge in [0, 0.05) is 24.7 Å². The number of sulfonamides is 1. The van der Waals surface area contributed by atoms with Crippen LogP contribution in [0.2, 0.25) is 5.02 Å². The largest absolute Gasteiger partial charge is 0.486 e. The monoisotopic (exact) mass is 360 g/mol. The van der Waals surface area contributed by atoms with E-state index >= 15 is 0 Å². The second kappa shape index (κ2) is 6.84. The van der Waals surface area contributed by atoms with Crippen molar-refractivity contribution in [3.63, 3.8) is 0 Å². The maximum atomic E-state index is 12.7. The highest BCUT2D eigenvalue weighted by Crippen LogP contribution is 2.37. The van der Waals surface area contributed by atoms with E-state index in [4.69, 9.17) is 26.8 Å². The number of halogens is 1. The molecule has 1 unspecified atom stereocenters. The summed E-state index contributed by atoms with van der Waals surface area (Å²) in [6.07, 6.45) is 4.24. The predicted molar refractivity (Wildman–Crippen MR) is 87.6 cm³/mol. The maximum Gasteiger partial charge on any atom is 0.242 e. The Balaban J connectivity index is 1.86. The van der Waals surface area contributed by atoms with Crippen molar-refractivity contribution in [2.45, 2.75) is 36.6 Å². The fourth-order valence-electron chi connectivity index (χ4n) is 3.21. The first-order valence-electron chi connectivity index (χ1n) is 7.83. The van der Waals surface area contributed by atoms with Crippen LogP contribution in [0.5, 0.6) is 11.5 Å². The molecule has 1 aliphatic carbocycles. The number of rotatable bonds is 5. The van der Waals surface area contributed by atoms with Crippen molar-refractivity contribution >= 4 is 21.6 Å². The summed E-state index contributed by atoms with van der Waals surface area (Å²) in [5, 5.41) is 0.115. The zero-order valence-electron chi connectivity index (χ0n) is 12.8. The second-order valence-corrected chi connectivity index (χ2v) is 8.02. The molecule has 1 fully saturated rings. The van der Waals surface area contributed by atoms with E-state index in [1.807, 2.05) is 0 Å². The molecule has 1 aromatic rings. The molecule has 0 bridgehead atoms. The summed E-state index contributed by atoms with van der Waals surface area (Å²) in [7, 11) is -3.77. The van der Waals surface area contributed by atoms with Gasteiger partial charge in [0.1, 0.15) is 18.1 Å². The van der Waals surface area contributed by atoms with Gasteiger partial charge in [0.25, 0.3) is 0 Å². The normalized spacial score (nSPS) is 19.7. The lowest BCUT2D eigenvalue weighted by molar-refractivity contribution is 0.171. The number of hydrogen-bond acceptors (Lipinski definition) is 5. The van der Waals surface area contributed by atoms with Crippen LogP contribution in [0, 0.1) is 5.92 Å². The topological polar surface area (TPSA) is 90.7 Å². The molecule has 0 spiro atoms. The quantitative estimate of drug-likeness (QED) is 0.837. The van der Waals surface area contributed by atoms with E-state index in [0.29, 0.717) is 24.7 Å². The van der Waals surface area contributed by atoms with Crippen molar-refractivity contribution in [2.24, 2.45) is 11.7 Å². The molecular formula is C15H21ClN2O4S. The van der Waals surface area contributed by atoms with Gasteiger partial charge < -0.3 is 15.2 Å². The first-order chi connectivity index (χ1) is 11.0. The predicted octanol–water partition coefficient (Wildman–Crippen LogP) is 1.91. The van der Waals surface area contributed by atoms with Crippen molar-refractivity contribution in [1.29, 1.82) is 0 Å². The zero-order chi connectivity index (χ0) is 16.4. The molecule has 128 valence electrons. The van der Waals surface area contributed by atoms with Crippen LogP contribution in [0.15, 0.2) is 17.0 Å². The molecule has 0 saturated heterocycles. The second-order valence-electron chi connectivity index (χ2n) is 5.93. The number of fused-ring (bicyclic) bond motifs is 1. The van der Waals surface area contributed by atoms with Gasteiger partial charge in [-0.1, -0.05) is 24.4 Å². The van der Waals surface area contributed by atoms with E-state index in [9.17, 15) is 8.42 Å². The number of ether oxygens (including phenoxy) is 2. The number of nitrogens with one attached hydrogen (secondary N) is 1. The fraction of sp³-hybridized carbons (Fsp3) is 0.600. The van der Waals surface area contributed by atoms with Crippen LogP contribution in [-0.4, -0.2) is 34.2 Å². The highest BCUT2D eigenvalue weighted by atomic mass is 35.5. The molecule has 6 nitrogen and oxygen atoms in total. The highest BCUT2D eigenvalue weighted by Gasteiger charge is 2.30. The smallest absolute Gasteiger partial charge is 0.242 e. The third kappa shape index (κ3) is 3.57. The van der Waals surface area contributed by atoms with Crippen molar-refractivity contribution in [1.82, 2.24) is 4.72 Å². The molecule has 2 aliphatic rings. The Morgan fingerprint density at radius 2 is 1.83 bits per heavy atom. The molecule has 8 heteroatoms.